The highest BCUT2D eigenvalue weighted by molar-refractivity contribution is 7.92. The number of benzene rings is 2. The lowest BCUT2D eigenvalue weighted by Crippen LogP contribution is -3.19. The Hall–Kier alpha value is -3.02. The zero-order chi connectivity index (χ0) is 24.5. The van der Waals surface area contributed by atoms with Crippen LogP contribution in [0.4, 0.5) is 18.9 Å². The van der Waals surface area contributed by atoms with Crippen molar-refractivity contribution < 1.29 is 36.1 Å². The molecule has 11 heteroatoms. The number of rotatable bonds is 5. The minimum atomic E-state index is -4.59. The molecule has 0 saturated carbocycles. The number of piperazine rings is 1. The third-order valence-electron chi connectivity index (χ3n) is 6.03. The smallest absolute Gasteiger partial charge is 0.322 e. The number of alkyl halides is 3. The number of carbonyl (C=O) groups excluding carboxylic acids is 2. The van der Waals surface area contributed by atoms with Crippen LogP contribution in [0.3, 0.4) is 0 Å². The van der Waals surface area contributed by atoms with Gasteiger partial charge in [-0.1, -0.05) is 36.4 Å². The largest absolute Gasteiger partial charge is 0.416 e. The Kier molecular flexibility index (Phi) is 6.61. The molecule has 0 unspecified atom stereocenters. The van der Waals surface area contributed by atoms with Crippen molar-refractivity contribution in [2.45, 2.75) is 18.6 Å². The first-order valence-corrected chi connectivity index (χ1v) is 12.2. The maximum Gasteiger partial charge on any atom is 0.416 e. The molecule has 0 bridgehead atoms. The van der Waals surface area contributed by atoms with Gasteiger partial charge in [0.15, 0.2) is 6.04 Å². The number of sulfonamides is 1. The van der Waals surface area contributed by atoms with E-state index in [-0.39, 0.29) is 25.2 Å². The fourth-order valence-corrected chi connectivity index (χ4v) is 5.43. The summed E-state index contributed by atoms with van der Waals surface area (Å²) in [5, 5.41) is 1.15. The molecule has 2 aromatic rings. The highest BCUT2D eigenvalue weighted by Gasteiger charge is 2.47. The van der Waals surface area contributed by atoms with Crippen LogP contribution in [0.25, 0.3) is 6.08 Å². The molecule has 1 N–H and O–H groups in total. The topological polar surface area (TPSA) is 79.2 Å². The number of imide groups is 1. The van der Waals surface area contributed by atoms with Crippen LogP contribution in [0, 0.1) is 0 Å². The predicted octanol–water partition coefficient (Wildman–Crippen LogP) is 1.54. The van der Waals surface area contributed by atoms with Gasteiger partial charge < -0.3 is 4.90 Å². The van der Waals surface area contributed by atoms with E-state index >= 15 is 0 Å². The van der Waals surface area contributed by atoms with Crippen LogP contribution in [0.15, 0.2) is 60.0 Å². The van der Waals surface area contributed by atoms with Crippen LogP contribution < -0.4 is 9.80 Å². The zero-order valence-corrected chi connectivity index (χ0v) is 18.8. The van der Waals surface area contributed by atoms with Crippen LogP contribution in [-0.2, 0) is 25.8 Å². The summed E-state index contributed by atoms with van der Waals surface area (Å²) in [6.07, 6.45) is -3.21. The summed E-state index contributed by atoms with van der Waals surface area (Å²) in [6, 6.07) is 12.4. The molecule has 0 radical (unpaired) electrons. The van der Waals surface area contributed by atoms with Crippen molar-refractivity contribution in [1.29, 1.82) is 0 Å². The maximum absolute atomic E-state index is 13.0. The van der Waals surface area contributed by atoms with E-state index in [9.17, 15) is 31.2 Å². The number of anilines is 1. The van der Waals surface area contributed by atoms with Crippen LogP contribution in [-0.4, -0.2) is 56.8 Å². The first-order valence-electron chi connectivity index (χ1n) is 10.7. The summed E-state index contributed by atoms with van der Waals surface area (Å²) in [4.78, 5) is 27.1. The summed E-state index contributed by atoms with van der Waals surface area (Å²) >= 11 is 0. The third-order valence-corrected chi connectivity index (χ3v) is 7.59. The molecule has 2 aliphatic heterocycles. The molecule has 7 nitrogen and oxygen atoms in total. The molecule has 180 valence electrons. The van der Waals surface area contributed by atoms with E-state index < -0.39 is 39.6 Å². The number of quaternary nitrogens is 1. The number of amides is 2. The molecule has 2 saturated heterocycles. The Morgan fingerprint density at radius 3 is 2.29 bits per heavy atom. The molecule has 0 spiro atoms. The van der Waals surface area contributed by atoms with Gasteiger partial charge in [-0.2, -0.15) is 17.5 Å². The molecule has 2 aromatic carbocycles. The molecule has 2 fully saturated rings. The van der Waals surface area contributed by atoms with Crippen molar-refractivity contribution >= 4 is 33.6 Å². The summed E-state index contributed by atoms with van der Waals surface area (Å²) in [5.41, 5.74) is -0.303. The monoisotopic (exact) mass is 494 g/mol. The van der Waals surface area contributed by atoms with Gasteiger partial charge in [0.05, 0.1) is 43.9 Å². The summed E-state index contributed by atoms with van der Waals surface area (Å²) in [7, 11) is -3.65. The summed E-state index contributed by atoms with van der Waals surface area (Å²) in [5.74, 6) is -1.14. The molecule has 2 aliphatic rings. The van der Waals surface area contributed by atoms with Crippen LogP contribution in [0.2, 0.25) is 0 Å². The van der Waals surface area contributed by atoms with E-state index in [4.69, 9.17) is 0 Å². The highest BCUT2D eigenvalue weighted by atomic mass is 32.2. The number of nitrogens with one attached hydrogen (secondary N) is 1. The normalized spacial score (nSPS) is 21.0. The van der Waals surface area contributed by atoms with Gasteiger partial charge >= 0.3 is 6.18 Å². The van der Waals surface area contributed by atoms with Gasteiger partial charge in [0.1, 0.15) is 0 Å². The van der Waals surface area contributed by atoms with E-state index in [2.05, 4.69) is 0 Å². The average Bonchev–Trinajstić information content (AvgIpc) is 3.12. The fraction of sp³-hybridized carbons (Fsp3) is 0.304. The van der Waals surface area contributed by atoms with Gasteiger partial charge in [0.2, 0.25) is 15.9 Å². The van der Waals surface area contributed by atoms with E-state index in [1.54, 1.807) is 24.3 Å². The molecular formula is C23H23F3N3O4S+. The van der Waals surface area contributed by atoms with Crippen molar-refractivity contribution in [2.75, 3.05) is 31.1 Å². The molecule has 0 aliphatic carbocycles. The van der Waals surface area contributed by atoms with E-state index in [1.165, 1.54) is 16.4 Å². The quantitative estimate of drug-likeness (QED) is 0.640. The van der Waals surface area contributed by atoms with E-state index in [1.807, 2.05) is 6.07 Å². The average molecular weight is 495 g/mol. The standard InChI is InChI=1S/C23H22F3N3O4S/c24-23(25,26)18-7-4-8-19(15-18)29-21(30)16-20(22(29)31)27-10-12-28(13-11-27)34(32,33)14-9-17-5-2-1-3-6-17/h1-9,14-15,20H,10-13,16H2/p+1/b14-9+/t20-/m1/s1. The van der Waals surface area contributed by atoms with Gasteiger partial charge in [-0.05, 0) is 29.8 Å². The second kappa shape index (κ2) is 9.32. The summed E-state index contributed by atoms with van der Waals surface area (Å²) < 4.78 is 65.8. The number of carbonyl (C=O) groups is 2. The van der Waals surface area contributed by atoms with Crippen LogP contribution in [0.5, 0.6) is 0 Å². The molecule has 2 amide bonds. The lowest BCUT2D eigenvalue weighted by atomic mass is 10.1. The number of hydrogen-bond acceptors (Lipinski definition) is 4. The first-order chi connectivity index (χ1) is 16.1. The lowest BCUT2D eigenvalue weighted by molar-refractivity contribution is -0.918. The Morgan fingerprint density at radius 2 is 1.65 bits per heavy atom. The second-order valence-corrected chi connectivity index (χ2v) is 10.0. The maximum atomic E-state index is 13.0. The number of hydrogen-bond donors (Lipinski definition) is 1. The highest BCUT2D eigenvalue weighted by Crippen LogP contribution is 2.32. The second-order valence-electron chi connectivity index (χ2n) is 8.19. The Bertz CT molecular complexity index is 1210. The van der Waals surface area contributed by atoms with Crippen molar-refractivity contribution in [1.82, 2.24) is 4.31 Å². The van der Waals surface area contributed by atoms with E-state index in [0.29, 0.717) is 13.1 Å². The van der Waals surface area contributed by atoms with Gasteiger partial charge in [0.25, 0.3) is 5.91 Å². The first kappa shape index (κ1) is 24.1. The SMILES string of the molecule is O=C1C[C@@H]([NH+]2CCN(S(=O)(=O)/C=C/c3ccccc3)CC2)C(=O)N1c1cccc(C(F)(F)F)c1. The zero-order valence-electron chi connectivity index (χ0n) is 18.0. The van der Waals surface area contributed by atoms with Gasteiger partial charge in [0, 0.05) is 5.41 Å². The van der Waals surface area contributed by atoms with Gasteiger partial charge in [-0.15, -0.1) is 0 Å². The minimum absolute atomic E-state index is 0.112. The van der Waals surface area contributed by atoms with Gasteiger partial charge in [-0.25, -0.2) is 13.3 Å². The molecule has 4 rings (SSSR count). The molecule has 0 aromatic heterocycles. The van der Waals surface area contributed by atoms with Crippen LogP contribution >= 0.6 is 0 Å². The van der Waals surface area contributed by atoms with Gasteiger partial charge in [-0.3, -0.25) is 9.59 Å². The van der Waals surface area contributed by atoms with Crippen LogP contribution in [0.1, 0.15) is 17.5 Å². The third kappa shape index (κ3) is 5.06. The van der Waals surface area contributed by atoms with Crippen molar-refractivity contribution in [3.63, 3.8) is 0 Å². The fourth-order valence-electron chi connectivity index (χ4n) is 4.23. The molecule has 34 heavy (non-hydrogen) atoms. The minimum Gasteiger partial charge on any atom is -0.322 e. The Balaban J connectivity index is 1.42. The summed E-state index contributed by atoms with van der Waals surface area (Å²) in [6.45, 7) is 0.938. The molecule has 1 atom stereocenters. The van der Waals surface area contributed by atoms with Crippen molar-refractivity contribution in [3.8, 4) is 0 Å². The van der Waals surface area contributed by atoms with Crippen molar-refractivity contribution in [2.24, 2.45) is 0 Å². The molecule has 2 heterocycles. The van der Waals surface area contributed by atoms with E-state index in [0.717, 1.165) is 39.0 Å². The predicted molar refractivity (Wildman–Crippen MR) is 119 cm³/mol. The Morgan fingerprint density at radius 1 is 0.971 bits per heavy atom. The molecular weight excluding hydrogens is 471 g/mol. The Labute approximate surface area is 195 Å². The lowest BCUT2D eigenvalue weighted by Gasteiger charge is -2.33. The van der Waals surface area contributed by atoms with Crippen molar-refractivity contribution in [3.05, 3.63) is 71.1 Å². The number of halogens is 3. The number of nitrogens with zero attached hydrogens (tertiary/aromatic N) is 2.